The third-order valence-corrected chi connectivity index (χ3v) is 5.29. The molecule has 1 aliphatic rings. The number of carbonyl (C=O) groups is 2. The lowest BCUT2D eigenvalue weighted by molar-refractivity contribution is 0.0848. The molecule has 5 nitrogen and oxygen atoms in total. The van der Waals surface area contributed by atoms with Gasteiger partial charge in [-0.2, -0.15) is 0 Å². The minimum Gasteiger partial charge on any atom is -0.295 e. The fourth-order valence-corrected chi connectivity index (χ4v) is 4.18. The number of amides is 1. The molecule has 2 aromatic rings. The summed E-state index contributed by atoms with van der Waals surface area (Å²) in [5, 5.41) is 0. The molecule has 2 unspecified atom stereocenters. The van der Waals surface area contributed by atoms with Crippen LogP contribution < -0.4 is 5.43 Å². The molecular weight excluding hydrogens is 338 g/mol. The van der Waals surface area contributed by atoms with Crippen molar-refractivity contribution in [2.75, 3.05) is 25.1 Å². The lowest BCUT2D eigenvalue weighted by Gasteiger charge is -2.34. The normalized spacial score (nSPS) is 20.4. The highest BCUT2D eigenvalue weighted by Gasteiger charge is 2.25. The Morgan fingerprint density at radius 2 is 1.70 bits per heavy atom. The molecule has 144 valence electrons. The highest BCUT2D eigenvalue weighted by atomic mass is 16.2. The smallest absolute Gasteiger partial charge is 0.270 e. The number of hydrogen-bond acceptors (Lipinski definition) is 3. The van der Waals surface area contributed by atoms with Gasteiger partial charge in [0.05, 0.1) is 6.54 Å². The summed E-state index contributed by atoms with van der Waals surface area (Å²) in [4.78, 5) is 27.6. The maximum atomic E-state index is 12.9. The number of ketones is 1. The standard InChI is InChI=1S/C22H29N3O2/c1-15-10-16(2)13-24(12-15)14-21(26)20-11-17(3)25(18(20)4)23-22(27)19-8-6-5-7-9-19/h5-9,11,15-16H,10,12-14H2,1-4H3,(H,23,27). The number of hydrogen-bond donors (Lipinski definition) is 1. The van der Waals surface area contributed by atoms with E-state index in [2.05, 4.69) is 24.2 Å². The van der Waals surface area contributed by atoms with Crippen molar-refractivity contribution in [3.05, 3.63) is 58.9 Å². The van der Waals surface area contributed by atoms with Crippen molar-refractivity contribution in [2.45, 2.75) is 34.1 Å². The molecule has 1 aromatic carbocycles. The van der Waals surface area contributed by atoms with Gasteiger partial charge in [0.1, 0.15) is 0 Å². The van der Waals surface area contributed by atoms with E-state index in [1.54, 1.807) is 16.8 Å². The van der Waals surface area contributed by atoms with Crippen molar-refractivity contribution < 1.29 is 9.59 Å². The third-order valence-electron chi connectivity index (χ3n) is 5.29. The summed E-state index contributed by atoms with van der Waals surface area (Å²) in [7, 11) is 0. The number of piperidine rings is 1. The van der Waals surface area contributed by atoms with Crippen LogP contribution in [0.2, 0.25) is 0 Å². The summed E-state index contributed by atoms with van der Waals surface area (Å²) in [5.41, 5.74) is 5.80. The molecular formula is C22H29N3O2. The number of Topliss-reactive ketones (excluding diaryl/α,β-unsaturated/α-hetero) is 1. The highest BCUT2D eigenvalue weighted by molar-refractivity contribution is 6.01. The van der Waals surface area contributed by atoms with Crippen LogP contribution >= 0.6 is 0 Å². The molecule has 0 aliphatic carbocycles. The van der Waals surface area contributed by atoms with E-state index in [-0.39, 0.29) is 11.7 Å². The van der Waals surface area contributed by atoms with Crippen molar-refractivity contribution in [2.24, 2.45) is 11.8 Å². The fraction of sp³-hybridized carbons (Fsp3) is 0.455. The molecule has 1 saturated heterocycles. The molecule has 3 rings (SSSR count). The lowest BCUT2D eigenvalue weighted by Crippen LogP contribution is -2.41. The SMILES string of the molecule is Cc1cc(C(=O)CN2CC(C)CC(C)C2)c(C)n1NC(=O)c1ccccc1. The zero-order valence-corrected chi connectivity index (χ0v) is 16.7. The van der Waals surface area contributed by atoms with Gasteiger partial charge in [-0.05, 0) is 50.3 Å². The molecule has 1 N–H and O–H groups in total. The summed E-state index contributed by atoms with van der Waals surface area (Å²) in [6, 6.07) is 11.0. The number of carbonyl (C=O) groups excluding carboxylic acids is 2. The predicted octanol–water partition coefficient (Wildman–Crippen LogP) is 3.65. The number of nitrogens with one attached hydrogen (secondary N) is 1. The topological polar surface area (TPSA) is 54.3 Å². The quantitative estimate of drug-likeness (QED) is 0.821. The Morgan fingerprint density at radius 3 is 2.33 bits per heavy atom. The average Bonchev–Trinajstić information content (AvgIpc) is 2.90. The summed E-state index contributed by atoms with van der Waals surface area (Å²) in [6.45, 7) is 10.7. The van der Waals surface area contributed by atoms with Crippen molar-refractivity contribution >= 4 is 11.7 Å². The van der Waals surface area contributed by atoms with Gasteiger partial charge in [-0.1, -0.05) is 32.0 Å². The Labute approximate surface area is 161 Å². The van der Waals surface area contributed by atoms with Crippen molar-refractivity contribution in [1.82, 2.24) is 9.58 Å². The first-order chi connectivity index (χ1) is 12.8. The van der Waals surface area contributed by atoms with E-state index in [9.17, 15) is 9.59 Å². The van der Waals surface area contributed by atoms with Gasteiger partial charge in [0.2, 0.25) is 0 Å². The first kappa shape index (κ1) is 19.4. The zero-order valence-electron chi connectivity index (χ0n) is 16.7. The van der Waals surface area contributed by atoms with E-state index < -0.39 is 0 Å². The number of nitrogens with zero attached hydrogens (tertiary/aromatic N) is 2. The van der Waals surface area contributed by atoms with E-state index in [0.29, 0.717) is 29.5 Å². The van der Waals surface area contributed by atoms with Crippen LogP contribution in [-0.4, -0.2) is 40.9 Å². The molecule has 27 heavy (non-hydrogen) atoms. The number of benzene rings is 1. The maximum Gasteiger partial charge on any atom is 0.270 e. The van der Waals surface area contributed by atoms with E-state index >= 15 is 0 Å². The second kappa shape index (κ2) is 8.09. The summed E-state index contributed by atoms with van der Waals surface area (Å²) in [6.07, 6.45) is 1.23. The molecule has 0 saturated carbocycles. The van der Waals surface area contributed by atoms with Gasteiger partial charge >= 0.3 is 0 Å². The molecule has 0 bridgehead atoms. The van der Waals surface area contributed by atoms with E-state index in [4.69, 9.17) is 0 Å². The first-order valence-corrected chi connectivity index (χ1v) is 9.66. The van der Waals surface area contributed by atoms with Gasteiger partial charge < -0.3 is 0 Å². The molecule has 1 fully saturated rings. The fourth-order valence-electron chi connectivity index (χ4n) is 4.18. The van der Waals surface area contributed by atoms with E-state index in [0.717, 1.165) is 24.5 Å². The second-order valence-corrected chi connectivity index (χ2v) is 7.99. The van der Waals surface area contributed by atoms with Gasteiger partial charge in [-0.25, -0.2) is 0 Å². The summed E-state index contributed by atoms with van der Waals surface area (Å²) >= 11 is 0. The van der Waals surface area contributed by atoms with Gasteiger partial charge in [-0.15, -0.1) is 0 Å². The number of likely N-dealkylation sites (tertiary alicyclic amines) is 1. The minimum absolute atomic E-state index is 0.115. The molecule has 0 spiro atoms. The van der Waals surface area contributed by atoms with Gasteiger partial charge in [0, 0.05) is 35.6 Å². The monoisotopic (exact) mass is 367 g/mol. The van der Waals surface area contributed by atoms with Crippen LogP contribution in [-0.2, 0) is 0 Å². The Balaban J connectivity index is 1.73. The third kappa shape index (κ3) is 4.48. The molecule has 1 aromatic heterocycles. The van der Waals surface area contributed by atoms with Crippen LogP contribution in [0.1, 0.15) is 52.4 Å². The molecule has 2 heterocycles. The van der Waals surface area contributed by atoms with Crippen LogP contribution in [0.25, 0.3) is 0 Å². The van der Waals surface area contributed by atoms with Gasteiger partial charge in [-0.3, -0.25) is 24.6 Å². The minimum atomic E-state index is -0.185. The maximum absolute atomic E-state index is 12.9. The summed E-state index contributed by atoms with van der Waals surface area (Å²) in [5.74, 6) is 1.18. The Bertz CT molecular complexity index is 816. The Morgan fingerprint density at radius 1 is 1.07 bits per heavy atom. The number of aryl methyl sites for hydroxylation is 1. The van der Waals surface area contributed by atoms with Crippen molar-refractivity contribution in [3.63, 3.8) is 0 Å². The summed E-state index contributed by atoms with van der Waals surface area (Å²) < 4.78 is 1.71. The first-order valence-electron chi connectivity index (χ1n) is 9.66. The molecule has 0 radical (unpaired) electrons. The van der Waals surface area contributed by atoms with Crippen molar-refractivity contribution in [1.29, 1.82) is 0 Å². The molecule has 1 aliphatic heterocycles. The van der Waals surface area contributed by atoms with Crippen LogP contribution in [0, 0.1) is 25.7 Å². The van der Waals surface area contributed by atoms with Crippen LogP contribution in [0.3, 0.4) is 0 Å². The van der Waals surface area contributed by atoms with E-state index in [1.165, 1.54) is 6.42 Å². The average molecular weight is 367 g/mol. The van der Waals surface area contributed by atoms with Crippen molar-refractivity contribution in [3.8, 4) is 0 Å². The number of aromatic nitrogens is 1. The van der Waals surface area contributed by atoms with Gasteiger partial charge in [0.25, 0.3) is 5.91 Å². The Kier molecular flexibility index (Phi) is 5.80. The lowest BCUT2D eigenvalue weighted by atomic mass is 9.91. The highest BCUT2D eigenvalue weighted by Crippen LogP contribution is 2.22. The predicted molar refractivity (Wildman–Crippen MR) is 108 cm³/mol. The largest absolute Gasteiger partial charge is 0.295 e. The van der Waals surface area contributed by atoms with Crippen LogP contribution in [0.4, 0.5) is 0 Å². The molecule has 1 amide bonds. The Hall–Kier alpha value is -2.40. The number of rotatable bonds is 5. The molecule has 2 atom stereocenters. The molecule has 5 heteroatoms. The van der Waals surface area contributed by atoms with Gasteiger partial charge in [0.15, 0.2) is 5.78 Å². The zero-order chi connectivity index (χ0) is 19.6. The second-order valence-electron chi connectivity index (χ2n) is 7.99. The van der Waals surface area contributed by atoms with Crippen LogP contribution in [0.15, 0.2) is 36.4 Å². The van der Waals surface area contributed by atoms with E-state index in [1.807, 2.05) is 38.1 Å². The van der Waals surface area contributed by atoms with Crippen LogP contribution in [0.5, 0.6) is 0 Å².